The maximum Gasteiger partial charge on any atom is 0.110 e. The molecule has 43 heavy (non-hydrogen) atoms. The summed E-state index contributed by atoms with van der Waals surface area (Å²) in [5.41, 5.74) is 1.39. The number of hydrogen-bond acceptors (Lipinski definition) is 7. The Hall–Kier alpha value is -0.860. The first-order chi connectivity index (χ1) is 20.7. The van der Waals surface area contributed by atoms with Crippen molar-refractivity contribution in [3.63, 3.8) is 0 Å². The van der Waals surface area contributed by atoms with Crippen molar-refractivity contribution in [1.82, 2.24) is 0 Å². The van der Waals surface area contributed by atoms with E-state index in [-0.39, 0.29) is 34.3 Å². The quantitative estimate of drug-likeness (QED) is 0.255. The van der Waals surface area contributed by atoms with Crippen LogP contribution >= 0.6 is 21.6 Å². The van der Waals surface area contributed by atoms with E-state index < -0.39 is 11.7 Å². The number of fused-ring (bicyclic) bond motifs is 9. The number of benzene rings is 1. The molecular formula is C36H49NO4S2. The molecule has 5 nitrogen and oxygen atoms in total. The highest BCUT2D eigenvalue weighted by atomic mass is 33.1. The Kier molecular flexibility index (Phi) is 6.18. The summed E-state index contributed by atoms with van der Waals surface area (Å²) in [6.45, 7) is 4.99. The second-order valence-corrected chi connectivity index (χ2v) is 19.1. The summed E-state index contributed by atoms with van der Waals surface area (Å²) in [5.74, 6) is 4.91. The van der Waals surface area contributed by atoms with Gasteiger partial charge in [0.25, 0.3) is 0 Å². The minimum Gasteiger partial charge on any atom is -0.512 e. The monoisotopic (exact) mass is 623 g/mol. The second kappa shape index (κ2) is 9.36. The summed E-state index contributed by atoms with van der Waals surface area (Å²) in [6, 6.07) is 9.19. The van der Waals surface area contributed by atoms with Gasteiger partial charge in [0.15, 0.2) is 0 Å². The van der Waals surface area contributed by atoms with Crippen LogP contribution in [-0.2, 0) is 11.2 Å². The van der Waals surface area contributed by atoms with Crippen LogP contribution in [0, 0.1) is 57.7 Å². The molecule has 4 N–H and O–H groups in total. The highest BCUT2D eigenvalue weighted by Gasteiger charge is 2.88. The molecule has 1 aromatic rings. The van der Waals surface area contributed by atoms with E-state index in [9.17, 15) is 15.3 Å². The van der Waals surface area contributed by atoms with Crippen LogP contribution in [0.5, 0.6) is 0 Å². The third-order valence-corrected chi connectivity index (χ3v) is 18.5. The van der Waals surface area contributed by atoms with Gasteiger partial charge < -0.3 is 25.4 Å². The molecule has 234 valence electrons. The molecule has 8 aliphatic rings. The number of aliphatic hydroxyl groups excluding tert-OH is 2. The van der Waals surface area contributed by atoms with E-state index in [1.165, 1.54) is 37.0 Å². The normalized spacial score (nSPS) is 56.0. The summed E-state index contributed by atoms with van der Waals surface area (Å²) in [5, 5.41) is 39.4. The Morgan fingerprint density at radius 3 is 2.70 bits per heavy atom. The SMILES string of the molecule is COC1C=C(O)C2C3C4CC(C)(C12O)C3(C)C12CC3Cc5cccc(c5)NC5C(O)CCCC5SSCC3C1CCC4C2. The maximum atomic E-state index is 12.8. The van der Waals surface area contributed by atoms with E-state index >= 15 is 0 Å². The number of nitrogens with one attached hydrogen (secondary N) is 1. The average molecular weight is 624 g/mol. The molecule has 15 unspecified atom stereocenters. The lowest BCUT2D eigenvalue weighted by Crippen LogP contribution is -2.60. The molecule has 8 bridgehead atoms. The highest BCUT2D eigenvalue weighted by Crippen LogP contribution is 2.89. The van der Waals surface area contributed by atoms with Crippen molar-refractivity contribution >= 4 is 27.3 Å². The van der Waals surface area contributed by atoms with Crippen LogP contribution in [0.3, 0.4) is 0 Å². The third kappa shape index (κ3) is 3.30. The molecule has 7 aliphatic carbocycles. The zero-order valence-corrected chi connectivity index (χ0v) is 27.5. The number of anilines is 1. The van der Waals surface area contributed by atoms with Gasteiger partial charge in [-0.25, -0.2) is 0 Å². The van der Waals surface area contributed by atoms with Gasteiger partial charge in [0.1, 0.15) is 11.7 Å². The topological polar surface area (TPSA) is 82.0 Å². The Balaban J connectivity index is 1.14. The predicted octanol–water partition coefficient (Wildman–Crippen LogP) is 6.85. The lowest BCUT2D eigenvalue weighted by molar-refractivity contribution is -0.188. The molecule has 0 radical (unpaired) electrons. The van der Waals surface area contributed by atoms with E-state index in [0.29, 0.717) is 46.5 Å². The van der Waals surface area contributed by atoms with Crippen molar-refractivity contribution in [1.29, 1.82) is 0 Å². The number of hydrogen-bond donors (Lipinski definition) is 4. The molecule has 1 spiro atoms. The first-order valence-corrected chi connectivity index (χ1v) is 19.5. The van der Waals surface area contributed by atoms with Crippen molar-refractivity contribution < 1.29 is 20.1 Å². The van der Waals surface area contributed by atoms with Crippen LogP contribution in [0.25, 0.3) is 0 Å². The van der Waals surface area contributed by atoms with E-state index in [4.69, 9.17) is 4.74 Å². The van der Waals surface area contributed by atoms with Gasteiger partial charge in [-0.15, -0.1) is 0 Å². The van der Waals surface area contributed by atoms with Gasteiger partial charge in [-0.3, -0.25) is 0 Å². The molecule has 0 amide bonds. The molecule has 6 fully saturated rings. The summed E-state index contributed by atoms with van der Waals surface area (Å²) < 4.78 is 5.97. The van der Waals surface area contributed by atoms with Gasteiger partial charge in [-0.2, -0.15) is 0 Å². The van der Waals surface area contributed by atoms with Gasteiger partial charge in [-0.1, -0.05) is 47.6 Å². The van der Waals surface area contributed by atoms with Crippen molar-refractivity contribution in [2.45, 2.75) is 101 Å². The molecule has 1 heterocycles. The van der Waals surface area contributed by atoms with Crippen molar-refractivity contribution in [2.75, 3.05) is 18.2 Å². The fourth-order valence-electron chi connectivity index (χ4n) is 14.0. The van der Waals surface area contributed by atoms with Gasteiger partial charge in [0.2, 0.25) is 0 Å². The van der Waals surface area contributed by atoms with Crippen LogP contribution in [0.2, 0.25) is 0 Å². The zero-order valence-electron chi connectivity index (χ0n) is 25.9. The van der Waals surface area contributed by atoms with Gasteiger partial charge in [0.05, 0.1) is 23.8 Å². The molecule has 15 atom stereocenters. The van der Waals surface area contributed by atoms with Gasteiger partial charge in [-0.05, 0) is 128 Å². The van der Waals surface area contributed by atoms with Crippen LogP contribution in [0.1, 0.15) is 70.8 Å². The minimum absolute atomic E-state index is 0.0363. The third-order valence-electron chi connectivity index (χ3n) is 15.6. The molecule has 1 aliphatic heterocycles. The molecule has 0 aromatic heterocycles. The average Bonchev–Trinajstić information content (AvgIpc) is 3.56. The fourth-order valence-corrected chi connectivity index (χ4v) is 17.5. The molecule has 6 saturated carbocycles. The number of methoxy groups -OCH3 is 1. The molecule has 1 aromatic carbocycles. The van der Waals surface area contributed by atoms with E-state index in [1.54, 1.807) is 7.11 Å². The first kappa shape index (κ1) is 28.4. The fraction of sp³-hybridized carbons (Fsp3) is 0.778. The number of aliphatic hydroxyl groups is 3. The molecule has 7 heteroatoms. The molecule has 9 rings (SSSR count). The standard InChI is InChI=1S/C36H49NO4S2/c1-33-17-23-20-10-11-25-24-18-42-43-28-9-5-8-26(38)32(28)37-22-7-4-6-19(13-22)12-21(24)16-35(25,15-20)34(33,2)30(23)31-27(39)14-29(41-3)36(31,33)40/h4,6-7,13-14,20-21,23-26,28-32,37-40H,5,8-12,15-18H2,1-3H3. The van der Waals surface area contributed by atoms with Crippen LogP contribution < -0.4 is 5.32 Å². The minimum atomic E-state index is -1.04. The van der Waals surface area contributed by atoms with Crippen LogP contribution in [0.4, 0.5) is 5.69 Å². The van der Waals surface area contributed by atoms with Crippen molar-refractivity contribution in [3.8, 4) is 0 Å². The van der Waals surface area contributed by atoms with Gasteiger partial charge in [0, 0.05) is 29.2 Å². The number of ether oxygens (including phenoxy) is 1. The summed E-state index contributed by atoms with van der Waals surface area (Å²) >= 11 is 0. The predicted molar refractivity (Wildman–Crippen MR) is 174 cm³/mol. The smallest absolute Gasteiger partial charge is 0.110 e. The van der Waals surface area contributed by atoms with Crippen LogP contribution in [-0.4, -0.2) is 57.3 Å². The lowest BCUT2D eigenvalue weighted by atomic mass is 9.41. The Morgan fingerprint density at radius 2 is 1.86 bits per heavy atom. The number of rotatable bonds is 1. The van der Waals surface area contributed by atoms with E-state index in [2.05, 4.69) is 54.2 Å². The van der Waals surface area contributed by atoms with E-state index in [0.717, 1.165) is 37.8 Å². The largest absolute Gasteiger partial charge is 0.512 e. The summed E-state index contributed by atoms with van der Waals surface area (Å²) in [7, 11) is 5.84. The highest BCUT2D eigenvalue weighted by molar-refractivity contribution is 8.77. The van der Waals surface area contributed by atoms with Crippen molar-refractivity contribution in [2.24, 2.45) is 57.7 Å². The Bertz CT molecular complexity index is 1360. The van der Waals surface area contributed by atoms with Crippen molar-refractivity contribution in [3.05, 3.63) is 41.7 Å². The van der Waals surface area contributed by atoms with Gasteiger partial charge >= 0.3 is 0 Å². The summed E-state index contributed by atoms with van der Waals surface area (Å²) in [4.78, 5) is 0. The maximum absolute atomic E-state index is 12.8. The molecule has 0 saturated heterocycles. The summed E-state index contributed by atoms with van der Waals surface area (Å²) in [6.07, 6.45) is 11.6. The molecular weight excluding hydrogens is 575 g/mol. The van der Waals surface area contributed by atoms with E-state index in [1.807, 2.05) is 16.9 Å². The van der Waals surface area contributed by atoms with Crippen LogP contribution in [0.15, 0.2) is 36.1 Å². The zero-order chi connectivity index (χ0) is 29.5. The Labute approximate surface area is 264 Å². The Morgan fingerprint density at radius 1 is 1.02 bits per heavy atom. The first-order valence-electron chi connectivity index (χ1n) is 17.1. The lowest BCUT2D eigenvalue weighted by Gasteiger charge is -2.63. The second-order valence-electron chi connectivity index (χ2n) is 16.4.